The molecule has 1 N–H and O–H groups in total. The van der Waals surface area contributed by atoms with Crippen LogP contribution in [0.2, 0.25) is 0 Å². The fourth-order valence-corrected chi connectivity index (χ4v) is 2.80. The minimum absolute atomic E-state index is 0.178. The highest BCUT2D eigenvalue weighted by atomic mass is 32.1. The maximum atomic E-state index is 11.3. The van der Waals surface area contributed by atoms with Crippen LogP contribution >= 0.6 is 11.3 Å². The van der Waals surface area contributed by atoms with E-state index in [4.69, 9.17) is 5.11 Å². The first-order valence-corrected chi connectivity index (χ1v) is 6.06. The van der Waals surface area contributed by atoms with E-state index < -0.39 is 0 Å². The Balaban J connectivity index is 2.19. The molecule has 0 amide bonds. The topological polar surface area (TPSA) is 37.3 Å². The van der Waals surface area contributed by atoms with Crippen LogP contribution in [-0.4, -0.2) is 17.5 Å². The van der Waals surface area contributed by atoms with Crippen molar-refractivity contribution in [3.05, 3.63) is 28.0 Å². The van der Waals surface area contributed by atoms with Gasteiger partial charge >= 0.3 is 0 Å². The van der Waals surface area contributed by atoms with Gasteiger partial charge in [-0.15, -0.1) is 11.3 Å². The summed E-state index contributed by atoms with van der Waals surface area (Å²) in [7, 11) is 0. The second-order valence-electron chi connectivity index (χ2n) is 3.72. The Morgan fingerprint density at radius 1 is 1.40 bits per heavy atom. The van der Waals surface area contributed by atoms with Crippen LogP contribution in [-0.2, 0) is 0 Å². The molecule has 15 heavy (non-hydrogen) atoms. The molecule has 1 aromatic rings. The van der Waals surface area contributed by atoms with E-state index >= 15 is 0 Å². The molecule has 0 aromatic carbocycles. The van der Waals surface area contributed by atoms with Gasteiger partial charge in [0.15, 0.2) is 5.78 Å². The zero-order valence-corrected chi connectivity index (χ0v) is 9.35. The number of allylic oxidation sites excluding steroid dienone is 2. The number of thiophene rings is 1. The molecule has 1 aliphatic rings. The molecule has 1 heterocycles. The molecule has 0 saturated heterocycles. The summed E-state index contributed by atoms with van der Waals surface area (Å²) >= 11 is 1.49. The molecule has 1 aliphatic carbocycles. The summed E-state index contributed by atoms with van der Waals surface area (Å²) in [6.07, 6.45) is 7.05. The van der Waals surface area contributed by atoms with E-state index in [9.17, 15) is 4.79 Å². The number of aliphatic hydroxyl groups excluding tert-OH is 1. The van der Waals surface area contributed by atoms with E-state index in [2.05, 4.69) is 6.08 Å². The van der Waals surface area contributed by atoms with Crippen molar-refractivity contribution in [2.45, 2.75) is 25.7 Å². The van der Waals surface area contributed by atoms with Gasteiger partial charge in [0, 0.05) is 4.88 Å². The monoisotopic (exact) mass is 222 g/mol. The van der Waals surface area contributed by atoms with Gasteiger partial charge in [-0.2, -0.15) is 0 Å². The Bertz CT molecular complexity index is 390. The molecule has 0 radical (unpaired) electrons. The van der Waals surface area contributed by atoms with E-state index in [1.54, 1.807) is 0 Å². The van der Waals surface area contributed by atoms with Crippen molar-refractivity contribution >= 4 is 22.7 Å². The molecule has 2 rings (SSSR count). The van der Waals surface area contributed by atoms with Gasteiger partial charge in [-0.25, -0.2) is 0 Å². The van der Waals surface area contributed by atoms with Crippen molar-refractivity contribution in [1.82, 2.24) is 0 Å². The van der Waals surface area contributed by atoms with Crippen LogP contribution in [0.3, 0.4) is 0 Å². The second kappa shape index (κ2) is 4.73. The van der Waals surface area contributed by atoms with Crippen LogP contribution < -0.4 is 0 Å². The Morgan fingerprint density at radius 3 is 2.93 bits per heavy atom. The van der Waals surface area contributed by atoms with Gasteiger partial charge < -0.3 is 5.11 Å². The summed E-state index contributed by atoms with van der Waals surface area (Å²) in [6.45, 7) is -0.390. The van der Waals surface area contributed by atoms with Crippen LogP contribution in [0.5, 0.6) is 0 Å². The smallest absolute Gasteiger partial charge is 0.198 e. The molecule has 0 unspecified atom stereocenters. The predicted molar refractivity (Wildman–Crippen MR) is 62.2 cm³/mol. The minimum atomic E-state index is -0.390. The van der Waals surface area contributed by atoms with E-state index in [0.29, 0.717) is 4.88 Å². The summed E-state index contributed by atoms with van der Waals surface area (Å²) < 4.78 is 0. The molecule has 0 aliphatic heterocycles. The summed E-state index contributed by atoms with van der Waals surface area (Å²) in [5, 5.41) is 8.75. The first-order chi connectivity index (χ1) is 7.31. The molecule has 80 valence electrons. The van der Waals surface area contributed by atoms with Gasteiger partial charge in [0.1, 0.15) is 6.61 Å². The Kier molecular flexibility index (Phi) is 3.34. The lowest BCUT2D eigenvalue weighted by Crippen LogP contribution is -2.00. The van der Waals surface area contributed by atoms with Gasteiger partial charge in [-0.1, -0.05) is 6.08 Å². The van der Waals surface area contributed by atoms with E-state index in [1.807, 2.05) is 12.1 Å². The average molecular weight is 222 g/mol. The molecule has 3 heteroatoms. The molecule has 0 atom stereocenters. The third-order valence-electron chi connectivity index (χ3n) is 2.63. The third kappa shape index (κ3) is 2.36. The van der Waals surface area contributed by atoms with Crippen molar-refractivity contribution in [3.8, 4) is 0 Å². The van der Waals surface area contributed by atoms with Crippen LogP contribution in [0.4, 0.5) is 0 Å². The predicted octanol–water partition coefficient (Wildman–Crippen LogP) is 2.88. The lowest BCUT2D eigenvalue weighted by Gasteiger charge is -2.10. The molecule has 2 nitrogen and oxygen atoms in total. The first-order valence-electron chi connectivity index (χ1n) is 5.24. The summed E-state index contributed by atoms with van der Waals surface area (Å²) in [5.41, 5.74) is 1.36. The Morgan fingerprint density at radius 2 is 2.27 bits per heavy atom. The van der Waals surface area contributed by atoms with Crippen LogP contribution in [0.25, 0.3) is 5.57 Å². The number of aliphatic hydroxyl groups is 1. The number of hydrogen-bond donors (Lipinski definition) is 1. The maximum Gasteiger partial charge on any atom is 0.198 e. The maximum absolute atomic E-state index is 11.3. The lowest BCUT2D eigenvalue weighted by atomic mass is 9.99. The Hall–Kier alpha value is -0.930. The highest BCUT2D eigenvalue weighted by Gasteiger charge is 2.12. The third-order valence-corrected chi connectivity index (χ3v) is 3.83. The zero-order chi connectivity index (χ0) is 10.7. The van der Waals surface area contributed by atoms with E-state index in [-0.39, 0.29) is 12.4 Å². The first kappa shape index (κ1) is 10.6. The van der Waals surface area contributed by atoms with Crippen LogP contribution in [0.1, 0.15) is 40.2 Å². The highest BCUT2D eigenvalue weighted by Crippen LogP contribution is 2.31. The zero-order valence-electron chi connectivity index (χ0n) is 8.53. The van der Waals surface area contributed by atoms with Gasteiger partial charge in [0.05, 0.1) is 4.88 Å². The molecule has 0 saturated carbocycles. The lowest BCUT2D eigenvalue weighted by molar-refractivity contribution is 0.0908. The van der Waals surface area contributed by atoms with E-state index in [1.165, 1.54) is 34.6 Å². The van der Waals surface area contributed by atoms with Crippen molar-refractivity contribution in [1.29, 1.82) is 0 Å². The number of hydrogen-bond acceptors (Lipinski definition) is 3. The summed E-state index contributed by atoms with van der Waals surface area (Å²) in [5.74, 6) is -0.178. The van der Waals surface area contributed by atoms with Crippen molar-refractivity contribution in [2.75, 3.05) is 6.61 Å². The minimum Gasteiger partial charge on any atom is -0.388 e. The van der Waals surface area contributed by atoms with Gasteiger partial charge in [-0.3, -0.25) is 4.79 Å². The molecule has 0 fully saturated rings. The largest absolute Gasteiger partial charge is 0.388 e. The van der Waals surface area contributed by atoms with Gasteiger partial charge in [0.25, 0.3) is 0 Å². The fourth-order valence-electron chi connectivity index (χ4n) is 1.80. The Labute approximate surface area is 93.3 Å². The van der Waals surface area contributed by atoms with Crippen molar-refractivity contribution in [2.24, 2.45) is 0 Å². The van der Waals surface area contributed by atoms with Gasteiger partial charge in [-0.05, 0) is 43.4 Å². The number of carbonyl (C=O) groups is 1. The van der Waals surface area contributed by atoms with Crippen molar-refractivity contribution < 1.29 is 9.90 Å². The van der Waals surface area contributed by atoms with Crippen LogP contribution in [0.15, 0.2) is 18.2 Å². The number of rotatable bonds is 3. The fraction of sp³-hybridized carbons (Fsp3) is 0.417. The molecule has 0 bridgehead atoms. The molecular weight excluding hydrogens is 208 g/mol. The standard InChI is InChI=1S/C12H14O2S/c13-8-10(14)12-7-6-11(15-12)9-4-2-1-3-5-9/h4,6-7,13H,1-3,5,8H2. The highest BCUT2D eigenvalue weighted by molar-refractivity contribution is 7.15. The summed E-state index contributed by atoms with van der Waals surface area (Å²) in [6, 6.07) is 3.80. The molecule has 1 aromatic heterocycles. The van der Waals surface area contributed by atoms with Gasteiger partial charge in [0.2, 0.25) is 0 Å². The molecular formula is C12H14O2S. The normalized spacial score (nSPS) is 16.2. The SMILES string of the molecule is O=C(CO)c1ccc(C2=CCCCC2)s1. The second-order valence-corrected chi connectivity index (χ2v) is 4.80. The number of Topliss-reactive ketones (excluding diaryl/α,β-unsaturated/α-hetero) is 1. The average Bonchev–Trinajstić information content (AvgIpc) is 2.78. The molecule has 0 spiro atoms. The van der Waals surface area contributed by atoms with E-state index in [0.717, 1.165) is 12.8 Å². The summed E-state index contributed by atoms with van der Waals surface area (Å²) in [4.78, 5) is 13.1. The number of carbonyl (C=O) groups excluding carboxylic acids is 1. The van der Waals surface area contributed by atoms with Crippen LogP contribution in [0, 0.1) is 0 Å². The number of ketones is 1. The quantitative estimate of drug-likeness (QED) is 0.798. The van der Waals surface area contributed by atoms with Crippen molar-refractivity contribution in [3.63, 3.8) is 0 Å².